The summed E-state index contributed by atoms with van der Waals surface area (Å²) in [6.45, 7) is 1.96. The Hall–Kier alpha value is -2.57. The Morgan fingerprint density at radius 2 is 1.74 bits per heavy atom. The van der Waals surface area contributed by atoms with Crippen LogP contribution in [0.2, 0.25) is 10.0 Å². The smallest absolute Gasteiger partial charge is 0.329 e. The molecular formula is C19H18Cl2N4O2. The van der Waals surface area contributed by atoms with E-state index in [9.17, 15) is 9.59 Å². The number of amides is 2. The summed E-state index contributed by atoms with van der Waals surface area (Å²) in [7, 11) is 0. The molecule has 0 heterocycles. The molecule has 2 amide bonds. The fourth-order valence-corrected chi connectivity index (χ4v) is 2.67. The molecule has 0 atom stereocenters. The SMILES string of the molecule is Cc1ccc(Cl)cc1Nc1ccc(Cl)cc1/C=N\NC(=O)C(=O)NC1CC1. The Morgan fingerprint density at radius 1 is 1.04 bits per heavy atom. The lowest BCUT2D eigenvalue weighted by molar-refractivity contribution is -0.139. The van der Waals surface area contributed by atoms with E-state index in [4.69, 9.17) is 23.2 Å². The van der Waals surface area contributed by atoms with Gasteiger partial charge in [0.25, 0.3) is 0 Å². The van der Waals surface area contributed by atoms with Gasteiger partial charge in [-0.2, -0.15) is 5.10 Å². The van der Waals surface area contributed by atoms with Gasteiger partial charge < -0.3 is 10.6 Å². The highest BCUT2D eigenvalue weighted by atomic mass is 35.5. The first-order chi connectivity index (χ1) is 12.9. The van der Waals surface area contributed by atoms with Crippen molar-refractivity contribution in [1.29, 1.82) is 0 Å². The molecule has 0 saturated heterocycles. The highest BCUT2D eigenvalue weighted by Gasteiger charge is 2.26. The average molecular weight is 405 g/mol. The lowest BCUT2D eigenvalue weighted by atomic mass is 10.1. The molecule has 0 unspecified atom stereocenters. The predicted octanol–water partition coefficient (Wildman–Crippen LogP) is 3.77. The summed E-state index contributed by atoms with van der Waals surface area (Å²) in [5, 5.41) is 10.9. The van der Waals surface area contributed by atoms with Gasteiger partial charge in [-0.15, -0.1) is 0 Å². The first kappa shape index (κ1) is 19.2. The van der Waals surface area contributed by atoms with E-state index in [2.05, 4.69) is 21.2 Å². The van der Waals surface area contributed by atoms with Crippen molar-refractivity contribution in [2.75, 3.05) is 5.32 Å². The number of hydrazone groups is 1. The monoisotopic (exact) mass is 404 g/mol. The minimum Gasteiger partial charge on any atom is -0.355 e. The zero-order valence-corrected chi connectivity index (χ0v) is 16.1. The van der Waals surface area contributed by atoms with Gasteiger partial charge in [-0.3, -0.25) is 9.59 Å². The van der Waals surface area contributed by atoms with E-state index in [-0.39, 0.29) is 6.04 Å². The Kier molecular flexibility index (Phi) is 5.98. The number of hydrogen-bond donors (Lipinski definition) is 3. The molecule has 2 aromatic carbocycles. The van der Waals surface area contributed by atoms with Gasteiger partial charge in [-0.25, -0.2) is 5.43 Å². The van der Waals surface area contributed by atoms with Crippen LogP contribution in [-0.2, 0) is 9.59 Å². The van der Waals surface area contributed by atoms with Crippen LogP contribution in [-0.4, -0.2) is 24.1 Å². The number of carbonyl (C=O) groups is 2. The van der Waals surface area contributed by atoms with E-state index in [0.717, 1.165) is 29.8 Å². The number of nitrogens with one attached hydrogen (secondary N) is 3. The zero-order chi connectivity index (χ0) is 19.4. The molecule has 0 aromatic heterocycles. The molecule has 0 aliphatic heterocycles. The molecule has 6 nitrogen and oxygen atoms in total. The van der Waals surface area contributed by atoms with Gasteiger partial charge >= 0.3 is 11.8 Å². The van der Waals surface area contributed by atoms with Crippen molar-refractivity contribution in [3.8, 4) is 0 Å². The molecule has 140 valence electrons. The second kappa shape index (κ2) is 8.41. The number of benzene rings is 2. The molecule has 0 bridgehead atoms. The molecule has 0 spiro atoms. The van der Waals surface area contributed by atoms with Gasteiger partial charge in [0.2, 0.25) is 0 Å². The largest absolute Gasteiger partial charge is 0.355 e. The predicted molar refractivity (Wildman–Crippen MR) is 108 cm³/mol. The van der Waals surface area contributed by atoms with E-state index in [0.29, 0.717) is 15.6 Å². The maximum absolute atomic E-state index is 11.7. The number of rotatable bonds is 5. The van der Waals surface area contributed by atoms with E-state index in [1.807, 2.05) is 25.1 Å². The first-order valence-electron chi connectivity index (χ1n) is 8.39. The molecule has 1 aliphatic rings. The summed E-state index contributed by atoms with van der Waals surface area (Å²) < 4.78 is 0. The summed E-state index contributed by atoms with van der Waals surface area (Å²) >= 11 is 12.1. The highest BCUT2D eigenvalue weighted by Crippen LogP contribution is 2.27. The summed E-state index contributed by atoms with van der Waals surface area (Å²) in [4.78, 5) is 23.4. The standard InChI is InChI=1S/C19H18Cl2N4O2/c1-11-2-3-14(21)9-17(11)24-16-7-4-13(20)8-12(16)10-22-25-19(27)18(26)23-15-5-6-15/h2-4,7-10,15,24H,5-6H2,1H3,(H,23,26)(H,25,27)/b22-10-. The molecule has 3 rings (SSSR count). The quantitative estimate of drug-likeness (QED) is 0.402. The van der Waals surface area contributed by atoms with Crippen molar-refractivity contribution >= 4 is 52.6 Å². The number of halogens is 2. The van der Waals surface area contributed by atoms with Crippen molar-refractivity contribution in [3.63, 3.8) is 0 Å². The minimum absolute atomic E-state index is 0.108. The number of nitrogens with zero attached hydrogens (tertiary/aromatic N) is 1. The van der Waals surface area contributed by atoms with Crippen LogP contribution in [0.15, 0.2) is 41.5 Å². The lowest BCUT2D eigenvalue weighted by Crippen LogP contribution is -2.38. The third kappa shape index (κ3) is 5.45. The molecule has 1 aliphatic carbocycles. The molecule has 2 aromatic rings. The van der Waals surface area contributed by atoms with Crippen molar-refractivity contribution in [1.82, 2.24) is 10.7 Å². The fourth-order valence-electron chi connectivity index (χ4n) is 2.32. The maximum atomic E-state index is 11.7. The third-order valence-corrected chi connectivity index (χ3v) is 4.44. The summed E-state index contributed by atoms with van der Waals surface area (Å²) in [6, 6.07) is 10.9. The van der Waals surface area contributed by atoms with Crippen LogP contribution in [0.1, 0.15) is 24.0 Å². The van der Waals surface area contributed by atoms with E-state index in [1.165, 1.54) is 6.21 Å². The topological polar surface area (TPSA) is 82.6 Å². The molecule has 1 saturated carbocycles. The Bertz CT molecular complexity index is 911. The van der Waals surface area contributed by atoms with Gasteiger partial charge in [0.15, 0.2) is 0 Å². The maximum Gasteiger partial charge on any atom is 0.329 e. The Morgan fingerprint density at radius 3 is 2.48 bits per heavy atom. The molecule has 8 heteroatoms. The van der Waals surface area contributed by atoms with Crippen molar-refractivity contribution in [2.45, 2.75) is 25.8 Å². The average Bonchev–Trinajstić information content (AvgIpc) is 3.44. The van der Waals surface area contributed by atoms with Crippen LogP contribution in [0.25, 0.3) is 0 Å². The Labute approximate surface area is 166 Å². The van der Waals surface area contributed by atoms with Gasteiger partial charge in [-0.1, -0.05) is 29.3 Å². The summed E-state index contributed by atoms with van der Waals surface area (Å²) in [5.41, 5.74) is 5.45. The zero-order valence-electron chi connectivity index (χ0n) is 14.6. The van der Waals surface area contributed by atoms with E-state index < -0.39 is 11.8 Å². The highest BCUT2D eigenvalue weighted by molar-refractivity contribution is 6.35. The fraction of sp³-hybridized carbons (Fsp3) is 0.211. The second-order valence-corrected chi connectivity index (χ2v) is 7.14. The first-order valence-corrected chi connectivity index (χ1v) is 9.14. The van der Waals surface area contributed by atoms with Gasteiger partial charge in [-0.05, 0) is 55.7 Å². The molecule has 3 N–H and O–H groups in total. The lowest BCUT2D eigenvalue weighted by Gasteiger charge is -2.12. The van der Waals surface area contributed by atoms with Crippen LogP contribution in [0.3, 0.4) is 0 Å². The van der Waals surface area contributed by atoms with E-state index in [1.54, 1.807) is 18.2 Å². The molecule has 1 fully saturated rings. The normalized spacial score (nSPS) is 13.4. The number of aryl methyl sites for hydroxylation is 1. The van der Waals surface area contributed by atoms with Gasteiger partial charge in [0.05, 0.1) is 6.21 Å². The van der Waals surface area contributed by atoms with Crippen molar-refractivity contribution in [2.24, 2.45) is 5.10 Å². The van der Waals surface area contributed by atoms with Crippen molar-refractivity contribution in [3.05, 3.63) is 57.6 Å². The number of carbonyl (C=O) groups excluding carboxylic acids is 2. The van der Waals surface area contributed by atoms with Crippen LogP contribution in [0, 0.1) is 6.92 Å². The van der Waals surface area contributed by atoms with Crippen LogP contribution in [0.5, 0.6) is 0 Å². The molecular weight excluding hydrogens is 387 g/mol. The summed E-state index contributed by atoms with van der Waals surface area (Å²) in [5.74, 6) is -1.49. The molecule has 27 heavy (non-hydrogen) atoms. The van der Waals surface area contributed by atoms with Gasteiger partial charge in [0, 0.05) is 33.0 Å². The van der Waals surface area contributed by atoms with Crippen LogP contribution in [0.4, 0.5) is 11.4 Å². The number of anilines is 2. The second-order valence-electron chi connectivity index (χ2n) is 6.26. The van der Waals surface area contributed by atoms with Crippen LogP contribution < -0.4 is 16.1 Å². The van der Waals surface area contributed by atoms with E-state index >= 15 is 0 Å². The minimum atomic E-state index is -0.805. The number of hydrogen-bond acceptors (Lipinski definition) is 4. The van der Waals surface area contributed by atoms with Gasteiger partial charge in [0.1, 0.15) is 0 Å². The summed E-state index contributed by atoms with van der Waals surface area (Å²) in [6.07, 6.45) is 3.24. The Balaban J connectivity index is 1.72. The molecule has 0 radical (unpaired) electrons. The van der Waals surface area contributed by atoms with Crippen molar-refractivity contribution < 1.29 is 9.59 Å². The van der Waals surface area contributed by atoms with Crippen LogP contribution >= 0.6 is 23.2 Å². The third-order valence-electron chi connectivity index (χ3n) is 3.97.